The minimum Gasteiger partial charge on any atom is -0.497 e. The lowest BCUT2D eigenvalue weighted by molar-refractivity contribution is -0.133. The van der Waals surface area contributed by atoms with E-state index in [0.717, 1.165) is 21.8 Å². The van der Waals surface area contributed by atoms with Crippen LogP contribution in [0.25, 0.3) is 6.08 Å². The molecule has 1 aliphatic heterocycles. The van der Waals surface area contributed by atoms with Gasteiger partial charge in [-0.1, -0.05) is 12.1 Å². The van der Waals surface area contributed by atoms with Crippen LogP contribution >= 0.6 is 11.3 Å². The van der Waals surface area contributed by atoms with E-state index in [-0.39, 0.29) is 18.0 Å². The Morgan fingerprint density at radius 3 is 2.55 bits per heavy atom. The summed E-state index contributed by atoms with van der Waals surface area (Å²) in [6.07, 6.45) is 1.88. The Bertz CT molecular complexity index is 1110. The summed E-state index contributed by atoms with van der Waals surface area (Å²) in [7, 11) is 1.59. The number of methoxy groups -OCH3 is 1. The highest BCUT2D eigenvalue weighted by Gasteiger charge is 2.28. The van der Waals surface area contributed by atoms with Crippen LogP contribution in [0, 0.1) is 6.92 Å². The van der Waals surface area contributed by atoms with Crippen LogP contribution in [0.15, 0.2) is 59.7 Å². The zero-order chi connectivity index (χ0) is 20.4. The quantitative estimate of drug-likeness (QED) is 0.345. The molecule has 0 amide bonds. The summed E-state index contributed by atoms with van der Waals surface area (Å²) in [5.74, 6) is 1.15. The Balaban J connectivity index is 1.46. The maximum absolute atomic E-state index is 12.6. The average molecular weight is 406 g/mol. The number of benzene rings is 2. The predicted molar refractivity (Wildman–Crippen MR) is 111 cm³/mol. The number of aryl methyl sites for hydroxylation is 1. The smallest absolute Gasteiger partial charge is 0.315 e. The van der Waals surface area contributed by atoms with Crippen molar-refractivity contribution in [3.63, 3.8) is 0 Å². The summed E-state index contributed by atoms with van der Waals surface area (Å²) in [6.45, 7) is 1.98. The number of esters is 1. The third-order valence-corrected chi connectivity index (χ3v) is 5.51. The molecule has 0 fully saturated rings. The summed E-state index contributed by atoms with van der Waals surface area (Å²) in [5, 5.41) is 1.97. The van der Waals surface area contributed by atoms with E-state index in [9.17, 15) is 9.59 Å². The molecule has 2 heterocycles. The molecule has 0 N–H and O–H groups in total. The fraction of sp³-hybridized carbons (Fsp3) is 0.130. The lowest BCUT2D eigenvalue weighted by Gasteiger charge is -2.06. The molecule has 0 unspecified atom stereocenters. The molecular formula is C23H18O5S. The fourth-order valence-corrected chi connectivity index (χ4v) is 3.81. The normalized spacial score (nSPS) is 13.9. The van der Waals surface area contributed by atoms with Gasteiger partial charge in [-0.3, -0.25) is 9.59 Å². The standard InChI is InChI=1S/C23H18O5S/c1-14-9-10-29-21(14)13-20-23(25)18-8-7-17(12-19(18)28-20)27-22(24)11-15-3-5-16(26-2)6-4-15/h3-10,12-13H,11H2,1-2H3/b20-13-. The number of thiophene rings is 1. The van der Waals surface area contributed by atoms with E-state index in [4.69, 9.17) is 14.2 Å². The second-order valence-electron chi connectivity index (χ2n) is 6.56. The summed E-state index contributed by atoms with van der Waals surface area (Å²) in [4.78, 5) is 25.8. The average Bonchev–Trinajstić information content (AvgIpc) is 3.25. The highest BCUT2D eigenvalue weighted by atomic mass is 32.1. The Labute approximate surface area is 172 Å². The molecule has 0 saturated heterocycles. The van der Waals surface area contributed by atoms with Crippen molar-refractivity contribution in [1.82, 2.24) is 0 Å². The van der Waals surface area contributed by atoms with Crippen molar-refractivity contribution < 1.29 is 23.8 Å². The maximum Gasteiger partial charge on any atom is 0.315 e. The Hall–Kier alpha value is -3.38. The minimum absolute atomic E-state index is 0.129. The van der Waals surface area contributed by atoms with Crippen molar-refractivity contribution in [2.75, 3.05) is 7.11 Å². The molecule has 2 aromatic carbocycles. The SMILES string of the molecule is COc1ccc(CC(=O)Oc2ccc3c(c2)O/C(=C\c2sccc2C)C3=O)cc1. The number of hydrogen-bond donors (Lipinski definition) is 0. The van der Waals surface area contributed by atoms with E-state index in [1.54, 1.807) is 54.9 Å². The molecule has 0 spiro atoms. The third kappa shape index (κ3) is 4.07. The predicted octanol–water partition coefficient (Wildman–Crippen LogP) is 4.83. The molecule has 146 valence electrons. The van der Waals surface area contributed by atoms with Crippen molar-refractivity contribution in [2.24, 2.45) is 0 Å². The number of Topliss-reactive ketones (excluding diaryl/α,β-unsaturated/α-hetero) is 1. The number of hydrogen-bond acceptors (Lipinski definition) is 6. The van der Waals surface area contributed by atoms with Gasteiger partial charge in [-0.25, -0.2) is 0 Å². The first-order valence-corrected chi connectivity index (χ1v) is 9.87. The maximum atomic E-state index is 12.6. The molecule has 1 aliphatic rings. The largest absolute Gasteiger partial charge is 0.497 e. The summed E-state index contributed by atoms with van der Waals surface area (Å²) in [5.41, 5.74) is 2.36. The van der Waals surface area contributed by atoms with E-state index in [1.165, 1.54) is 0 Å². The Morgan fingerprint density at radius 1 is 1.10 bits per heavy atom. The summed E-state index contributed by atoms with van der Waals surface area (Å²) in [6, 6.07) is 14.0. The third-order valence-electron chi connectivity index (χ3n) is 4.54. The van der Waals surface area contributed by atoms with E-state index in [0.29, 0.717) is 17.1 Å². The van der Waals surface area contributed by atoms with Crippen molar-refractivity contribution in [3.05, 3.63) is 81.2 Å². The van der Waals surface area contributed by atoms with Crippen molar-refractivity contribution in [2.45, 2.75) is 13.3 Å². The molecule has 1 aromatic heterocycles. The molecule has 4 rings (SSSR count). The molecule has 0 atom stereocenters. The van der Waals surface area contributed by atoms with E-state index in [2.05, 4.69) is 0 Å². The van der Waals surface area contributed by atoms with E-state index >= 15 is 0 Å². The van der Waals surface area contributed by atoms with Gasteiger partial charge in [0.05, 0.1) is 19.1 Å². The van der Waals surface area contributed by atoms with Crippen molar-refractivity contribution in [3.8, 4) is 17.2 Å². The first kappa shape index (κ1) is 19.0. The molecule has 0 radical (unpaired) electrons. The molecule has 3 aromatic rings. The van der Waals surface area contributed by atoms with Crippen LogP contribution in [0.4, 0.5) is 0 Å². The topological polar surface area (TPSA) is 61.8 Å². The lowest BCUT2D eigenvalue weighted by Crippen LogP contribution is -2.11. The van der Waals surface area contributed by atoms with Gasteiger partial charge < -0.3 is 14.2 Å². The van der Waals surface area contributed by atoms with Crippen LogP contribution < -0.4 is 14.2 Å². The van der Waals surface area contributed by atoms with Crippen LogP contribution in [-0.4, -0.2) is 18.9 Å². The molecule has 0 saturated carbocycles. The number of carbonyl (C=O) groups is 2. The molecule has 29 heavy (non-hydrogen) atoms. The number of rotatable bonds is 5. The van der Waals surface area contributed by atoms with Crippen LogP contribution in [0.3, 0.4) is 0 Å². The van der Waals surface area contributed by atoms with Crippen LogP contribution in [-0.2, 0) is 11.2 Å². The zero-order valence-corrected chi connectivity index (χ0v) is 16.7. The van der Waals surface area contributed by atoms with Crippen molar-refractivity contribution in [1.29, 1.82) is 0 Å². The monoisotopic (exact) mass is 406 g/mol. The first-order chi connectivity index (χ1) is 14.0. The molecular weight excluding hydrogens is 388 g/mol. The van der Waals surface area contributed by atoms with Gasteiger partial charge in [-0.15, -0.1) is 11.3 Å². The first-order valence-electron chi connectivity index (χ1n) is 8.99. The van der Waals surface area contributed by atoms with Gasteiger partial charge in [-0.2, -0.15) is 0 Å². The summed E-state index contributed by atoms with van der Waals surface area (Å²) < 4.78 is 16.3. The molecule has 6 heteroatoms. The van der Waals surface area contributed by atoms with Gasteiger partial charge in [0.2, 0.25) is 5.78 Å². The van der Waals surface area contributed by atoms with Gasteiger partial charge in [0.25, 0.3) is 0 Å². The van der Waals surface area contributed by atoms with Crippen LogP contribution in [0.5, 0.6) is 17.2 Å². The number of fused-ring (bicyclic) bond motifs is 1. The number of ether oxygens (including phenoxy) is 3. The van der Waals surface area contributed by atoms with Crippen LogP contribution in [0.1, 0.15) is 26.4 Å². The van der Waals surface area contributed by atoms with Gasteiger partial charge in [0.1, 0.15) is 17.2 Å². The van der Waals surface area contributed by atoms with Gasteiger partial charge in [0.15, 0.2) is 5.76 Å². The van der Waals surface area contributed by atoms with Gasteiger partial charge >= 0.3 is 5.97 Å². The highest BCUT2D eigenvalue weighted by molar-refractivity contribution is 7.11. The molecule has 0 aliphatic carbocycles. The van der Waals surface area contributed by atoms with Gasteiger partial charge in [0, 0.05) is 17.0 Å². The second kappa shape index (κ2) is 7.93. The fourth-order valence-electron chi connectivity index (χ4n) is 2.96. The molecule has 5 nitrogen and oxygen atoms in total. The Kier molecular flexibility index (Phi) is 5.18. The van der Waals surface area contributed by atoms with Gasteiger partial charge in [-0.05, 0) is 53.8 Å². The number of carbonyl (C=O) groups excluding carboxylic acids is 2. The second-order valence-corrected chi connectivity index (χ2v) is 7.51. The number of allylic oxidation sites excluding steroid dienone is 1. The highest BCUT2D eigenvalue weighted by Crippen LogP contribution is 2.35. The van der Waals surface area contributed by atoms with E-state index < -0.39 is 5.97 Å². The number of ketones is 1. The van der Waals surface area contributed by atoms with Crippen molar-refractivity contribution >= 4 is 29.2 Å². The Morgan fingerprint density at radius 2 is 1.86 bits per heavy atom. The zero-order valence-electron chi connectivity index (χ0n) is 15.9. The minimum atomic E-state index is -0.399. The van der Waals surface area contributed by atoms with Crippen LogP contribution in [0.2, 0.25) is 0 Å². The summed E-state index contributed by atoms with van der Waals surface area (Å²) >= 11 is 1.55. The van der Waals surface area contributed by atoms with E-state index in [1.807, 2.05) is 30.5 Å². The lowest BCUT2D eigenvalue weighted by atomic mass is 10.1. The molecule has 0 bridgehead atoms.